The molecular formula is C11H17N3O3. The minimum Gasteiger partial charge on any atom is -0.481 e. The van der Waals surface area contributed by atoms with E-state index >= 15 is 0 Å². The lowest BCUT2D eigenvalue weighted by molar-refractivity contribution is -0.138. The predicted octanol–water partition coefficient (Wildman–Crippen LogP) is 1.46. The van der Waals surface area contributed by atoms with Gasteiger partial charge in [-0.05, 0) is 13.3 Å². The molecular weight excluding hydrogens is 222 g/mol. The van der Waals surface area contributed by atoms with E-state index in [1.165, 1.54) is 7.11 Å². The van der Waals surface area contributed by atoms with Gasteiger partial charge in [-0.2, -0.15) is 4.98 Å². The molecule has 0 amide bonds. The highest BCUT2D eigenvalue weighted by molar-refractivity contribution is 5.76. The molecule has 1 aromatic rings. The minimum atomic E-state index is -0.907. The number of hydrogen-bond acceptors (Lipinski definition) is 5. The standard InChI is InChI=1S/C11H17N3O3/c1-4-5-8(10(15)16)13-11-12-7(2)6-9(14-11)17-3/h6,8H,4-5H2,1-3H3,(H,15,16)(H,12,13,14). The summed E-state index contributed by atoms with van der Waals surface area (Å²) in [5.74, 6) is -0.209. The highest BCUT2D eigenvalue weighted by Crippen LogP contribution is 2.13. The average Bonchev–Trinajstić information content (AvgIpc) is 2.27. The molecule has 0 fully saturated rings. The zero-order valence-corrected chi connectivity index (χ0v) is 10.2. The van der Waals surface area contributed by atoms with Crippen molar-refractivity contribution in [3.05, 3.63) is 11.8 Å². The van der Waals surface area contributed by atoms with Crippen molar-refractivity contribution in [1.29, 1.82) is 0 Å². The molecule has 6 nitrogen and oxygen atoms in total. The second-order valence-electron chi connectivity index (χ2n) is 3.70. The zero-order valence-electron chi connectivity index (χ0n) is 10.2. The molecule has 0 bridgehead atoms. The van der Waals surface area contributed by atoms with E-state index in [0.717, 1.165) is 12.1 Å². The Balaban J connectivity index is 2.84. The predicted molar refractivity (Wildman–Crippen MR) is 63.3 cm³/mol. The van der Waals surface area contributed by atoms with Crippen LogP contribution >= 0.6 is 0 Å². The van der Waals surface area contributed by atoms with Gasteiger partial charge in [0.15, 0.2) is 0 Å². The second-order valence-corrected chi connectivity index (χ2v) is 3.70. The molecule has 0 radical (unpaired) electrons. The first-order valence-corrected chi connectivity index (χ1v) is 5.45. The lowest BCUT2D eigenvalue weighted by atomic mass is 10.2. The summed E-state index contributed by atoms with van der Waals surface area (Å²) in [4.78, 5) is 19.2. The molecule has 1 heterocycles. The number of carbonyl (C=O) groups is 1. The van der Waals surface area contributed by atoms with Crippen molar-refractivity contribution in [2.75, 3.05) is 12.4 Å². The molecule has 2 N–H and O–H groups in total. The molecule has 17 heavy (non-hydrogen) atoms. The molecule has 0 aliphatic carbocycles. The Morgan fingerprint density at radius 2 is 2.29 bits per heavy atom. The summed E-state index contributed by atoms with van der Waals surface area (Å²) in [5.41, 5.74) is 0.722. The number of methoxy groups -OCH3 is 1. The Labute approximate surface area is 100 Å². The molecule has 94 valence electrons. The number of aliphatic carboxylic acids is 1. The number of anilines is 1. The molecule has 1 atom stereocenters. The lowest BCUT2D eigenvalue weighted by Crippen LogP contribution is -2.30. The van der Waals surface area contributed by atoms with Crippen LogP contribution in [0.3, 0.4) is 0 Å². The van der Waals surface area contributed by atoms with Crippen LogP contribution in [0.25, 0.3) is 0 Å². The molecule has 0 aliphatic heterocycles. The van der Waals surface area contributed by atoms with Crippen LogP contribution in [0.15, 0.2) is 6.07 Å². The summed E-state index contributed by atoms with van der Waals surface area (Å²) in [6.07, 6.45) is 1.29. The fourth-order valence-corrected chi connectivity index (χ4v) is 1.41. The van der Waals surface area contributed by atoms with E-state index in [0.29, 0.717) is 12.3 Å². The minimum absolute atomic E-state index is 0.280. The van der Waals surface area contributed by atoms with E-state index in [1.807, 2.05) is 6.92 Å². The van der Waals surface area contributed by atoms with Gasteiger partial charge in [0.05, 0.1) is 7.11 Å². The number of hydrogen-bond donors (Lipinski definition) is 2. The average molecular weight is 239 g/mol. The van der Waals surface area contributed by atoms with Gasteiger partial charge < -0.3 is 15.2 Å². The van der Waals surface area contributed by atoms with Crippen LogP contribution in [0.4, 0.5) is 5.95 Å². The summed E-state index contributed by atoms with van der Waals surface area (Å²) >= 11 is 0. The molecule has 1 aromatic heterocycles. The maximum atomic E-state index is 11.0. The van der Waals surface area contributed by atoms with Gasteiger partial charge in [0, 0.05) is 11.8 Å². The Morgan fingerprint density at radius 1 is 1.59 bits per heavy atom. The summed E-state index contributed by atoms with van der Waals surface area (Å²) in [5, 5.41) is 11.8. The van der Waals surface area contributed by atoms with E-state index < -0.39 is 12.0 Å². The van der Waals surface area contributed by atoms with Gasteiger partial charge in [0.2, 0.25) is 11.8 Å². The maximum Gasteiger partial charge on any atom is 0.326 e. The smallest absolute Gasteiger partial charge is 0.326 e. The quantitative estimate of drug-likeness (QED) is 0.781. The van der Waals surface area contributed by atoms with Crippen LogP contribution in [-0.4, -0.2) is 34.2 Å². The van der Waals surface area contributed by atoms with E-state index in [-0.39, 0.29) is 5.95 Å². The van der Waals surface area contributed by atoms with Gasteiger partial charge in [-0.15, -0.1) is 0 Å². The number of rotatable bonds is 6. The highest BCUT2D eigenvalue weighted by Gasteiger charge is 2.17. The third-order valence-corrected chi connectivity index (χ3v) is 2.22. The second kappa shape index (κ2) is 6.03. The van der Waals surface area contributed by atoms with Crippen LogP contribution in [-0.2, 0) is 4.79 Å². The van der Waals surface area contributed by atoms with E-state index in [4.69, 9.17) is 9.84 Å². The Hall–Kier alpha value is -1.85. The van der Waals surface area contributed by atoms with Gasteiger partial charge in [-0.1, -0.05) is 13.3 Å². The summed E-state index contributed by atoms with van der Waals surface area (Å²) < 4.78 is 5.00. The van der Waals surface area contributed by atoms with E-state index in [9.17, 15) is 4.79 Å². The van der Waals surface area contributed by atoms with Crippen molar-refractivity contribution >= 4 is 11.9 Å². The highest BCUT2D eigenvalue weighted by atomic mass is 16.5. The number of nitrogens with one attached hydrogen (secondary N) is 1. The third-order valence-electron chi connectivity index (χ3n) is 2.22. The van der Waals surface area contributed by atoms with Gasteiger partial charge in [0.25, 0.3) is 0 Å². The zero-order chi connectivity index (χ0) is 12.8. The normalized spacial score (nSPS) is 11.9. The molecule has 1 unspecified atom stereocenters. The van der Waals surface area contributed by atoms with Crippen LogP contribution in [0.5, 0.6) is 5.88 Å². The first kappa shape index (κ1) is 13.2. The maximum absolute atomic E-state index is 11.0. The fourth-order valence-electron chi connectivity index (χ4n) is 1.41. The van der Waals surface area contributed by atoms with Gasteiger partial charge in [0.1, 0.15) is 6.04 Å². The number of ether oxygens (including phenoxy) is 1. The van der Waals surface area contributed by atoms with Crippen molar-refractivity contribution in [3.63, 3.8) is 0 Å². The van der Waals surface area contributed by atoms with Crippen molar-refractivity contribution < 1.29 is 14.6 Å². The first-order chi connectivity index (χ1) is 8.06. The molecule has 0 aliphatic rings. The Bertz CT molecular complexity index is 396. The largest absolute Gasteiger partial charge is 0.481 e. The van der Waals surface area contributed by atoms with E-state index in [2.05, 4.69) is 15.3 Å². The number of carboxylic acids is 1. The molecule has 0 spiro atoms. The van der Waals surface area contributed by atoms with Crippen molar-refractivity contribution in [1.82, 2.24) is 9.97 Å². The molecule has 0 aromatic carbocycles. The number of aromatic nitrogens is 2. The van der Waals surface area contributed by atoms with E-state index in [1.54, 1.807) is 13.0 Å². The Kier molecular flexibility index (Phi) is 4.68. The molecule has 6 heteroatoms. The van der Waals surface area contributed by atoms with Gasteiger partial charge >= 0.3 is 5.97 Å². The number of carboxylic acid groups (broad SMARTS) is 1. The first-order valence-electron chi connectivity index (χ1n) is 5.45. The third kappa shape index (κ3) is 3.90. The van der Waals surface area contributed by atoms with Crippen LogP contribution in [0.2, 0.25) is 0 Å². The molecule has 0 saturated carbocycles. The van der Waals surface area contributed by atoms with Crippen molar-refractivity contribution in [3.8, 4) is 5.88 Å². The van der Waals surface area contributed by atoms with Crippen molar-refractivity contribution in [2.45, 2.75) is 32.7 Å². The lowest BCUT2D eigenvalue weighted by Gasteiger charge is -2.14. The van der Waals surface area contributed by atoms with Gasteiger partial charge in [-0.25, -0.2) is 9.78 Å². The molecule has 1 rings (SSSR count). The number of nitrogens with zero attached hydrogens (tertiary/aromatic N) is 2. The van der Waals surface area contributed by atoms with Crippen LogP contribution < -0.4 is 10.1 Å². The topological polar surface area (TPSA) is 84.3 Å². The SMILES string of the molecule is CCCC(Nc1nc(C)cc(OC)n1)C(=O)O. The summed E-state index contributed by atoms with van der Waals surface area (Å²) in [6.45, 7) is 3.72. The fraction of sp³-hybridized carbons (Fsp3) is 0.545. The van der Waals surface area contributed by atoms with Crippen molar-refractivity contribution in [2.24, 2.45) is 0 Å². The summed E-state index contributed by atoms with van der Waals surface area (Å²) in [7, 11) is 1.51. The van der Waals surface area contributed by atoms with Gasteiger partial charge in [-0.3, -0.25) is 0 Å². The number of aryl methyl sites for hydroxylation is 1. The molecule has 0 saturated heterocycles. The van der Waals surface area contributed by atoms with Crippen LogP contribution in [0, 0.1) is 6.92 Å². The van der Waals surface area contributed by atoms with Crippen LogP contribution in [0.1, 0.15) is 25.5 Å². The summed E-state index contributed by atoms with van der Waals surface area (Å²) in [6, 6.07) is 1.01. The monoisotopic (exact) mass is 239 g/mol. The Morgan fingerprint density at radius 3 is 2.82 bits per heavy atom.